The van der Waals surface area contributed by atoms with Gasteiger partial charge >= 0.3 is 0 Å². The third-order valence-electron chi connectivity index (χ3n) is 2.39. The molecule has 1 amide bonds. The Morgan fingerprint density at radius 3 is 2.69 bits per heavy atom. The van der Waals surface area contributed by atoms with Gasteiger partial charge in [0.1, 0.15) is 6.10 Å². The summed E-state index contributed by atoms with van der Waals surface area (Å²) in [6.45, 7) is 9.31. The van der Waals surface area contributed by atoms with E-state index in [4.69, 9.17) is 4.74 Å². The zero-order valence-corrected chi connectivity index (χ0v) is 11.2. The van der Waals surface area contributed by atoms with E-state index in [1.165, 1.54) is 0 Å². The molecule has 1 aliphatic heterocycles. The van der Waals surface area contributed by atoms with Crippen LogP contribution in [0.3, 0.4) is 0 Å². The third-order valence-corrected chi connectivity index (χ3v) is 2.39. The quantitative estimate of drug-likeness (QED) is 0.784. The molecule has 96 valence electrons. The fraction of sp³-hybridized carbons (Fsp3) is 0.909. The second kappa shape index (κ2) is 7.09. The predicted octanol–water partition coefficient (Wildman–Crippen LogP) is 0.949. The molecule has 2 N–H and O–H groups in total. The van der Waals surface area contributed by atoms with Crippen molar-refractivity contribution in [3.8, 4) is 0 Å². The Labute approximate surface area is 104 Å². The minimum Gasteiger partial charge on any atom is -0.366 e. The minimum absolute atomic E-state index is 0. The Bertz CT molecular complexity index is 211. The molecule has 0 bridgehead atoms. The van der Waals surface area contributed by atoms with E-state index >= 15 is 0 Å². The van der Waals surface area contributed by atoms with Crippen LogP contribution < -0.4 is 10.6 Å². The van der Waals surface area contributed by atoms with Crippen LogP contribution in [0.15, 0.2) is 0 Å². The lowest BCUT2D eigenvalue weighted by Crippen LogP contribution is -2.48. The summed E-state index contributed by atoms with van der Waals surface area (Å²) in [5.74, 6) is 0.00597. The van der Waals surface area contributed by atoms with Crippen molar-refractivity contribution in [3.63, 3.8) is 0 Å². The van der Waals surface area contributed by atoms with E-state index in [0.717, 1.165) is 19.5 Å². The SMILES string of the molecule is CC(C)(C)CCNC(=O)[C@H]1CNCCO1.Cl. The van der Waals surface area contributed by atoms with E-state index in [9.17, 15) is 4.79 Å². The van der Waals surface area contributed by atoms with Gasteiger partial charge in [-0.3, -0.25) is 4.79 Å². The molecule has 0 unspecified atom stereocenters. The summed E-state index contributed by atoms with van der Waals surface area (Å²) in [5, 5.41) is 6.04. The van der Waals surface area contributed by atoms with Crippen molar-refractivity contribution < 1.29 is 9.53 Å². The average Bonchev–Trinajstić information content (AvgIpc) is 2.17. The van der Waals surface area contributed by atoms with Crippen molar-refractivity contribution in [1.82, 2.24) is 10.6 Å². The number of halogens is 1. The normalized spacial score (nSPS) is 21.1. The lowest BCUT2D eigenvalue weighted by molar-refractivity contribution is -0.134. The zero-order chi connectivity index (χ0) is 11.3. The first kappa shape index (κ1) is 15.7. The number of rotatable bonds is 3. The molecule has 0 aromatic rings. The summed E-state index contributed by atoms with van der Waals surface area (Å²) in [5.41, 5.74) is 0.263. The number of hydrogen-bond donors (Lipinski definition) is 2. The monoisotopic (exact) mass is 250 g/mol. The standard InChI is InChI=1S/C11H22N2O2.ClH/c1-11(2,3)4-5-13-10(14)9-8-12-6-7-15-9;/h9,12H,4-8H2,1-3H3,(H,13,14);1H/t9-;/m1./s1. The number of morpholine rings is 1. The highest BCUT2D eigenvalue weighted by molar-refractivity contribution is 5.85. The molecule has 0 aromatic heterocycles. The van der Waals surface area contributed by atoms with Crippen LogP contribution in [0.2, 0.25) is 0 Å². The molecule has 1 aliphatic rings. The van der Waals surface area contributed by atoms with Crippen LogP contribution >= 0.6 is 12.4 Å². The smallest absolute Gasteiger partial charge is 0.250 e. The third kappa shape index (κ3) is 6.30. The zero-order valence-electron chi connectivity index (χ0n) is 10.3. The topological polar surface area (TPSA) is 50.4 Å². The fourth-order valence-corrected chi connectivity index (χ4v) is 1.41. The van der Waals surface area contributed by atoms with Gasteiger partial charge in [0, 0.05) is 19.6 Å². The van der Waals surface area contributed by atoms with Crippen LogP contribution in [0.1, 0.15) is 27.2 Å². The first-order chi connectivity index (χ1) is 6.99. The maximum Gasteiger partial charge on any atom is 0.250 e. The number of carbonyl (C=O) groups excluding carboxylic acids is 1. The van der Waals surface area contributed by atoms with E-state index in [2.05, 4.69) is 31.4 Å². The Kier molecular flexibility index (Phi) is 6.95. The summed E-state index contributed by atoms with van der Waals surface area (Å²) in [4.78, 5) is 11.6. The van der Waals surface area contributed by atoms with Crippen LogP contribution in [0.4, 0.5) is 0 Å². The highest BCUT2D eigenvalue weighted by Crippen LogP contribution is 2.16. The largest absolute Gasteiger partial charge is 0.366 e. The first-order valence-electron chi connectivity index (χ1n) is 5.59. The van der Waals surface area contributed by atoms with Crippen LogP contribution in [0.25, 0.3) is 0 Å². The van der Waals surface area contributed by atoms with E-state index in [1.54, 1.807) is 0 Å². The van der Waals surface area contributed by atoms with Gasteiger partial charge in [0.05, 0.1) is 6.61 Å². The second-order valence-corrected chi connectivity index (χ2v) is 5.17. The summed E-state index contributed by atoms with van der Waals surface area (Å²) < 4.78 is 5.35. The van der Waals surface area contributed by atoms with Crippen molar-refractivity contribution in [3.05, 3.63) is 0 Å². The Morgan fingerprint density at radius 1 is 1.50 bits per heavy atom. The molecule has 0 aromatic carbocycles. The maximum absolute atomic E-state index is 11.6. The van der Waals surface area contributed by atoms with Crippen molar-refractivity contribution >= 4 is 18.3 Å². The van der Waals surface area contributed by atoms with E-state index in [1.807, 2.05) is 0 Å². The van der Waals surface area contributed by atoms with Crippen molar-refractivity contribution in [2.75, 3.05) is 26.2 Å². The molecule has 1 heterocycles. The number of nitrogens with one attached hydrogen (secondary N) is 2. The van der Waals surface area contributed by atoms with Crippen LogP contribution in [0.5, 0.6) is 0 Å². The molecule has 1 fully saturated rings. The summed E-state index contributed by atoms with van der Waals surface area (Å²) >= 11 is 0. The molecule has 0 aliphatic carbocycles. The first-order valence-corrected chi connectivity index (χ1v) is 5.59. The predicted molar refractivity (Wildman–Crippen MR) is 66.9 cm³/mol. The molecule has 1 atom stereocenters. The van der Waals surface area contributed by atoms with Gasteiger partial charge in [-0.05, 0) is 11.8 Å². The number of hydrogen-bond acceptors (Lipinski definition) is 3. The van der Waals surface area contributed by atoms with Crippen molar-refractivity contribution in [2.45, 2.75) is 33.3 Å². The molecular weight excluding hydrogens is 228 g/mol. The molecular formula is C11H23ClN2O2. The second-order valence-electron chi connectivity index (χ2n) is 5.17. The van der Waals surface area contributed by atoms with Crippen LogP contribution in [-0.2, 0) is 9.53 Å². The van der Waals surface area contributed by atoms with Gasteiger partial charge < -0.3 is 15.4 Å². The lowest BCUT2D eigenvalue weighted by Gasteiger charge is -2.24. The van der Waals surface area contributed by atoms with Gasteiger partial charge in [0.15, 0.2) is 0 Å². The number of amides is 1. The Morgan fingerprint density at radius 2 is 2.19 bits per heavy atom. The maximum atomic E-state index is 11.6. The summed E-state index contributed by atoms with van der Waals surface area (Å²) in [6.07, 6.45) is 0.678. The van der Waals surface area contributed by atoms with Gasteiger partial charge in [0.25, 0.3) is 0 Å². The Hall–Kier alpha value is -0.320. The molecule has 4 nitrogen and oxygen atoms in total. The lowest BCUT2D eigenvalue weighted by atomic mass is 9.92. The summed E-state index contributed by atoms with van der Waals surface area (Å²) in [6, 6.07) is 0. The highest BCUT2D eigenvalue weighted by Gasteiger charge is 2.21. The van der Waals surface area contributed by atoms with E-state index < -0.39 is 0 Å². The number of ether oxygens (including phenoxy) is 1. The highest BCUT2D eigenvalue weighted by atomic mass is 35.5. The fourth-order valence-electron chi connectivity index (χ4n) is 1.41. The Balaban J connectivity index is 0.00000225. The molecule has 5 heteroatoms. The summed E-state index contributed by atoms with van der Waals surface area (Å²) in [7, 11) is 0. The van der Waals surface area contributed by atoms with Gasteiger partial charge in [-0.25, -0.2) is 0 Å². The van der Waals surface area contributed by atoms with Crippen LogP contribution in [0, 0.1) is 5.41 Å². The molecule has 16 heavy (non-hydrogen) atoms. The van der Waals surface area contributed by atoms with Gasteiger partial charge in [-0.1, -0.05) is 20.8 Å². The molecule has 1 rings (SSSR count). The van der Waals surface area contributed by atoms with Gasteiger partial charge in [0.2, 0.25) is 5.91 Å². The van der Waals surface area contributed by atoms with E-state index in [-0.39, 0.29) is 29.8 Å². The minimum atomic E-state index is -0.307. The van der Waals surface area contributed by atoms with Crippen LogP contribution in [-0.4, -0.2) is 38.3 Å². The molecule has 1 saturated heterocycles. The molecule has 0 saturated carbocycles. The average molecular weight is 251 g/mol. The van der Waals surface area contributed by atoms with Crippen molar-refractivity contribution in [2.24, 2.45) is 5.41 Å². The molecule has 0 spiro atoms. The molecule has 0 radical (unpaired) electrons. The van der Waals surface area contributed by atoms with Gasteiger partial charge in [-0.15, -0.1) is 12.4 Å². The van der Waals surface area contributed by atoms with Gasteiger partial charge in [-0.2, -0.15) is 0 Å². The van der Waals surface area contributed by atoms with Crippen molar-refractivity contribution in [1.29, 1.82) is 0 Å². The number of carbonyl (C=O) groups is 1. The van der Waals surface area contributed by atoms with E-state index in [0.29, 0.717) is 13.2 Å².